The highest BCUT2D eigenvalue weighted by molar-refractivity contribution is 5.83. The summed E-state index contributed by atoms with van der Waals surface area (Å²) in [5.74, 6) is -0.854. The Morgan fingerprint density at radius 3 is 2.60 bits per heavy atom. The third-order valence-electron chi connectivity index (χ3n) is 5.03. The Balaban J connectivity index is 1.83. The van der Waals surface area contributed by atoms with Crippen LogP contribution in [0.1, 0.15) is 49.2 Å². The van der Waals surface area contributed by atoms with Crippen molar-refractivity contribution in [2.24, 2.45) is 5.73 Å². The topological polar surface area (TPSA) is 175 Å². The number of nitrogens with two attached hydrogens (primary N) is 1. The predicted molar refractivity (Wildman–Crippen MR) is 103 cm³/mol. The monoisotopic (exact) mass is 419 g/mol. The zero-order valence-electron chi connectivity index (χ0n) is 16.4. The Kier molecular flexibility index (Phi) is 6.53. The van der Waals surface area contributed by atoms with Crippen LogP contribution in [-0.4, -0.2) is 61.1 Å². The van der Waals surface area contributed by atoms with Gasteiger partial charge in [0, 0.05) is 13.0 Å². The fraction of sp³-hybridized carbons (Fsp3) is 0.474. The summed E-state index contributed by atoms with van der Waals surface area (Å²) in [5.41, 5.74) is 6.61. The molecule has 0 spiro atoms. The maximum Gasteiger partial charge on any atom is 0.326 e. The second kappa shape index (κ2) is 9.09. The lowest BCUT2D eigenvalue weighted by atomic mass is 10.1. The largest absolute Gasteiger partial charge is 0.508 e. The first kappa shape index (κ1) is 21.5. The van der Waals surface area contributed by atoms with Gasteiger partial charge in [-0.3, -0.25) is 0 Å². The molecular weight excluding hydrogens is 394 g/mol. The molecule has 0 bridgehead atoms. The van der Waals surface area contributed by atoms with E-state index in [9.17, 15) is 24.9 Å². The van der Waals surface area contributed by atoms with E-state index in [0.717, 1.165) is 5.56 Å². The standard InChI is InChI=1S/C19H25N5O6/c1-10(25)15(20)17-23-22-16(30-17)13(9-11-4-6-12(26)7-5-11)21-19(29)24-8-2-3-14(24)18(27)28/h4-7,10,13-15,25-26H,2-3,8-9,20H2,1H3,(H,21,29)(H,27,28)/t10?,13-,14-,15-/m0/s1. The molecule has 1 aliphatic rings. The number of phenolic OH excluding ortho intramolecular Hbond substituents is 1. The van der Waals surface area contributed by atoms with Crippen LogP contribution in [0.5, 0.6) is 5.75 Å². The lowest BCUT2D eigenvalue weighted by Gasteiger charge is -2.24. The number of nitrogens with one attached hydrogen (secondary N) is 1. The Labute approximate surface area is 172 Å². The number of phenols is 1. The summed E-state index contributed by atoms with van der Waals surface area (Å²) >= 11 is 0. The number of carboxylic acid groups (broad SMARTS) is 1. The molecule has 1 saturated heterocycles. The number of benzene rings is 1. The SMILES string of the molecule is CC(O)[C@H](N)c1nnc([C@H](Cc2ccc(O)cc2)NC(=O)N2CCC[C@H]2C(=O)O)o1. The molecule has 0 aliphatic carbocycles. The molecule has 0 radical (unpaired) electrons. The van der Waals surface area contributed by atoms with Crippen molar-refractivity contribution in [3.63, 3.8) is 0 Å². The van der Waals surface area contributed by atoms with Crippen LogP contribution in [-0.2, 0) is 11.2 Å². The molecule has 1 fully saturated rings. The van der Waals surface area contributed by atoms with Gasteiger partial charge in [-0.05, 0) is 37.5 Å². The molecule has 1 aromatic heterocycles. The van der Waals surface area contributed by atoms with E-state index in [2.05, 4.69) is 15.5 Å². The van der Waals surface area contributed by atoms with Gasteiger partial charge in [-0.15, -0.1) is 10.2 Å². The first-order chi connectivity index (χ1) is 14.3. The number of carboxylic acids is 1. The van der Waals surface area contributed by atoms with Crippen LogP contribution in [0.4, 0.5) is 4.79 Å². The van der Waals surface area contributed by atoms with Gasteiger partial charge >= 0.3 is 12.0 Å². The minimum absolute atomic E-state index is 0.0227. The maximum absolute atomic E-state index is 12.8. The van der Waals surface area contributed by atoms with Gasteiger partial charge in [-0.2, -0.15) is 0 Å². The average Bonchev–Trinajstić information content (AvgIpc) is 3.38. The molecule has 30 heavy (non-hydrogen) atoms. The highest BCUT2D eigenvalue weighted by atomic mass is 16.4. The van der Waals surface area contributed by atoms with Gasteiger partial charge in [0.15, 0.2) is 0 Å². The number of aliphatic hydroxyl groups is 1. The molecule has 11 nitrogen and oxygen atoms in total. The summed E-state index contributed by atoms with van der Waals surface area (Å²) in [6.07, 6.45) is 0.327. The van der Waals surface area contributed by atoms with Crippen molar-refractivity contribution in [2.45, 2.75) is 50.4 Å². The molecule has 3 rings (SSSR count). The second-order valence-electron chi connectivity index (χ2n) is 7.31. The van der Waals surface area contributed by atoms with Crippen LogP contribution in [0.25, 0.3) is 0 Å². The van der Waals surface area contributed by atoms with Gasteiger partial charge in [0.2, 0.25) is 11.8 Å². The molecule has 0 saturated carbocycles. The van der Waals surface area contributed by atoms with Gasteiger partial charge in [0.25, 0.3) is 0 Å². The Bertz CT molecular complexity index is 884. The second-order valence-corrected chi connectivity index (χ2v) is 7.31. The lowest BCUT2D eigenvalue weighted by molar-refractivity contribution is -0.141. The van der Waals surface area contributed by atoms with Crippen molar-refractivity contribution in [2.75, 3.05) is 6.54 Å². The van der Waals surface area contributed by atoms with Crippen LogP contribution in [0.2, 0.25) is 0 Å². The summed E-state index contributed by atoms with van der Waals surface area (Å²) < 4.78 is 5.60. The van der Waals surface area contributed by atoms with E-state index in [1.807, 2.05) is 0 Å². The zero-order valence-corrected chi connectivity index (χ0v) is 16.4. The molecule has 4 atom stereocenters. The number of aliphatic hydroxyl groups excluding tert-OH is 1. The van der Waals surface area contributed by atoms with E-state index in [-0.39, 0.29) is 24.0 Å². The third-order valence-corrected chi connectivity index (χ3v) is 5.03. The van der Waals surface area contributed by atoms with Crippen molar-refractivity contribution < 1.29 is 29.3 Å². The average molecular weight is 419 g/mol. The number of carbonyl (C=O) groups is 2. The molecular formula is C19H25N5O6. The van der Waals surface area contributed by atoms with Crippen LogP contribution in [0.15, 0.2) is 28.7 Å². The normalized spacial score (nSPS) is 19.3. The van der Waals surface area contributed by atoms with Gasteiger partial charge < -0.3 is 35.7 Å². The van der Waals surface area contributed by atoms with Gasteiger partial charge in [-0.1, -0.05) is 12.1 Å². The molecule has 2 heterocycles. The van der Waals surface area contributed by atoms with Crippen LogP contribution >= 0.6 is 0 Å². The van der Waals surface area contributed by atoms with Gasteiger partial charge in [0.1, 0.15) is 23.9 Å². The Hall–Kier alpha value is -3.18. The number of nitrogens with zero attached hydrogens (tertiary/aromatic N) is 3. The van der Waals surface area contributed by atoms with E-state index in [1.165, 1.54) is 24.0 Å². The first-order valence-corrected chi connectivity index (χ1v) is 9.61. The number of aromatic nitrogens is 2. The number of amides is 2. The maximum atomic E-state index is 12.8. The minimum atomic E-state index is -1.05. The van der Waals surface area contributed by atoms with E-state index in [0.29, 0.717) is 19.4 Å². The fourth-order valence-electron chi connectivity index (χ4n) is 3.29. The number of rotatable bonds is 7. The predicted octanol–water partition coefficient (Wildman–Crippen LogP) is 0.698. The Morgan fingerprint density at radius 2 is 1.97 bits per heavy atom. The molecule has 6 N–H and O–H groups in total. The van der Waals surface area contributed by atoms with Crippen molar-refractivity contribution in [1.82, 2.24) is 20.4 Å². The highest BCUT2D eigenvalue weighted by Crippen LogP contribution is 2.24. The number of hydrogen-bond donors (Lipinski definition) is 5. The van der Waals surface area contributed by atoms with Crippen molar-refractivity contribution in [1.29, 1.82) is 0 Å². The lowest BCUT2D eigenvalue weighted by Crippen LogP contribution is -2.47. The smallest absolute Gasteiger partial charge is 0.326 e. The molecule has 1 aliphatic heterocycles. The van der Waals surface area contributed by atoms with Crippen molar-refractivity contribution in [3.05, 3.63) is 41.6 Å². The molecule has 162 valence electrons. The summed E-state index contributed by atoms with van der Waals surface area (Å²) in [6.45, 7) is 1.82. The quantitative estimate of drug-likeness (QED) is 0.432. The molecule has 2 aromatic rings. The Morgan fingerprint density at radius 1 is 1.30 bits per heavy atom. The number of aromatic hydroxyl groups is 1. The van der Waals surface area contributed by atoms with Crippen molar-refractivity contribution in [3.8, 4) is 5.75 Å². The number of hydrogen-bond acceptors (Lipinski definition) is 8. The number of likely N-dealkylation sites (tertiary alicyclic amines) is 1. The first-order valence-electron chi connectivity index (χ1n) is 9.61. The number of urea groups is 1. The van der Waals surface area contributed by atoms with E-state index < -0.39 is 36.2 Å². The summed E-state index contributed by atoms with van der Waals surface area (Å²) in [6, 6.07) is 3.30. The zero-order chi connectivity index (χ0) is 21.8. The van der Waals surface area contributed by atoms with Crippen LogP contribution < -0.4 is 11.1 Å². The highest BCUT2D eigenvalue weighted by Gasteiger charge is 2.35. The summed E-state index contributed by atoms with van der Waals surface area (Å²) in [7, 11) is 0. The number of aliphatic carboxylic acids is 1. The molecule has 11 heteroatoms. The van der Waals surface area contributed by atoms with E-state index in [1.54, 1.807) is 12.1 Å². The molecule has 1 unspecified atom stereocenters. The summed E-state index contributed by atoms with van der Waals surface area (Å²) in [4.78, 5) is 25.5. The summed E-state index contributed by atoms with van der Waals surface area (Å²) in [5, 5.41) is 39.1. The van der Waals surface area contributed by atoms with Gasteiger partial charge in [-0.25, -0.2) is 9.59 Å². The number of carbonyl (C=O) groups excluding carboxylic acids is 1. The van der Waals surface area contributed by atoms with Crippen LogP contribution in [0.3, 0.4) is 0 Å². The van der Waals surface area contributed by atoms with Crippen molar-refractivity contribution >= 4 is 12.0 Å². The van der Waals surface area contributed by atoms with Crippen LogP contribution in [0, 0.1) is 0 Å². The fourth-order valence-corrected chi connectivity index (χ4v) is 3.29. The molecule has 2 amide bonds. The third kappa shape index (κ3) is 4.86. The minimum Gasteiger partial charge on any atom is -0.508 e. The van der Waals surface area contributed by atoms with Gasteiger partial charge in [0.05, 0.1) is 6.10 Å². The van der Waals surface area contributed by atoms with E-state index in [4.69, 9.17) is 10.2 Å². The van der Waals surface area contributed by atoms with E-state index >= 15 is 0 Å². The molecule has 1 aromatic carbocycles.